The molecule has 0 aliphatic rings. The van der Waals surface area contributed by atoms with E-state index < -0.39 is 0 Å². The summed E-state index contributed by atoms with van der Waals surface area (Å²) in [6.07, 6.45) is 0.816. The number of hydrogen-bond donors (Lipinski definition) is 1. The zero-order valence-electron chi connectivity index (χ0n) is 18.2. The standard InChI is InChI=1S/C26H26ClN3O2/c1-18-11-13-22(14-12-18)32-16-6-15-30-24-10-4-3-9-23(24)29-25(30)19(2)28-26(31)20-7-5-8-21(27)17-20/h3-5,7-14,17,19H,6,15-16H2,1-2H3,(H,28,31). The Bertz CT molecular complexity index is 1220. The van der Waals surface area contributed by atoms with Gasteiger partial charge in [-0.2, -0.15) is 0 Å². The summed E-state index contributed by atoms with van der Waals surface area (Å²) in [4.78, 5) is 17.5. The first-order valence-corrected chi connectivity index (χ1v) is 11.1. The number of carbonyl (C=O) groups is 1. The molecule has 32 heavy (non-hydrogen) atoms. The molecular weight excluding hydrogens is 422 g/mol. The minimum Gasteiger partial charge on any atom is -0.494 e. The average molecular weight is 448 g/mol. The van der Waals surface area contributed by atoms with Gasteiger partial charge in [0, 0.05) is 17.1 Å². The Kier molecular flexibility index (Phi) is 6.76. The number of para-hydroxylation sites is 2. The lowest BCUT2D eigenvalue weighted by Crippen LogP contribution is -2.28. The van der Waals surface area contributed by atoms with Gasteiger partial charge in [-0.1, -0.05) is 47.5 Å². The van der Waals surface area contributed by atoms with Crippen LogP contribution in [0.3, 0.4) is 0 Å². The number of carbonyl (C=O) groups excluding carboxylic acids is 1. The Morgan fingerprint density at radius 3 is 2.66 bits per heavy atom. The first kappa shape index (κ1) is 21.9. The van der Waals surface area contributed by atoms with Crippen LogP contribution in [0.25, 0.3) is 11.0 Å². The van der Waals surface area contributed by atoms with Crippen molar-refractivity contribution in [2.75, 3.05) is 6.61 Å². The summed E-state index contributed by atoms with van der Waals surface area (Å²) in [5, 5.41) is 3.58. The molecule has 4 aromatic rings. The van der Waals surface area contributed by atoms with Crippen LogP contribution in [-0.4, -0.2) is 22.1 Å². The van der Waals surface area contributed by atoms with Crippen molar-refractivity contribution in [3.05, 3.63) is 94.8 Å². The van der Waals surface area contributed by atoms with Crippen molar-refractivity contribution in [3.63, 3.8) is 0 Å². The molecule has 1 heterocycles. The summed E-state index contributed by atoms with van der Waals surface area (Å²) >= 11 is 6.04. The normalized spacial score (nSPS) is 12.0. The first-order chi connectivity index (χ1) is 15.5. The zero-order chi connectivity index (χ0) is 22.5. The summed E-state index contributed by atoms with van der Waals surface area (Å²) in [6.45, 7) is 5.34. The number of fused-ring (bicyclic) bond motifs is 1. The van der Waals surface area contributed by atoms with Gasteiger partial charge in [-0.3, -0.25) is 4.79 Å². The van der Waals surface area contributed by atoms with Gasteiger partial charge in [-0.25, -0.2) is 4.98 Å². The highest BCUT2D eigenvalue weighted by Crippen LogP contribution is 2.22. The fourth-order valence-electron chi connectivity index (χ4n) is 3.68. The van der Waals surface area contributed by atoms with E-state index in [2.05, 4.69) is 22.9 Å². The molecule has 1 unspecified atom stereocenters. The van der Waals surface area contributed by atoms with Crippen LogP contribution in [0.1, 0.15) is 41.1 Å². The van der Waals surface area contributed by atoms with Crippen molar-refractivity contribution in [2.24, 2.45) is 0 Å². The fourth-order valence-corrected chi connectivity index (χ4v) is 3.87. The molecule has 164 valence electrons. The summed E-state index contributed by atoms with van der Waals surface area (Å²) < 4.78 is 8.05. The second-order valence-corrected chi connectivity index (χ2v) is 8.27. The molecule has 0 aliphatic heterocycles. The Labute approximate surface area is 193 Å². The molecule has 0 bridgehead atoms. The highest BCUT2D eigenvalue weighted by Gasteiger charge is 2.19. The minimum absolute atomic E-state index is 0.179. The van der Waals surface area contributed by atoms with Crippen molar-refractivity contribution in [1.29, 1.82) is 0 Å². The Hall–Kier alpha value is -3.31. The van der Waals surface area contributed by atoms with Crippen molar-refractivity contribution in [3.8, 4) is 5.75 Å². The summed E-state index contributed by atoms with van der Waals surface area (Å²) in [5.74, 6) is 1.51. The number of halogens is 1. The van der Waals surface area contributed by atoms with E-state index in [1.54, 1.807) is 24.3 Å². The van der Waals surface area contributed by atoms with E-state index in [0.29, 0.717) is 17.2 Å². The largest absolute Gasteiger partial charge is 0.494 e. The molecule has 0 spiro atoms. The SMILES string of the molecule is Cc1ccc(OCCCn2c(C(C)NC(=O)c3cccc(Cl)c3)nc3ccccc32)cc1. The molecule has 5 nitrogen and oxygen atoms in total. The lowest BCUT2D eigenvalue weighted by atomic mass is 10.2. The van der Waals surface area contributed by atoms with Crippen LogP contribution in [0.2, 0.25) is 5.02 Å². The van der Waals surface area contributed by atoms with Crippen LogP contribution >= 0.6 is 11.6 Å². The van der Waals surface area contributed by atoms with Crippen molar-refractivity contribution in [2.45, 2.75) is 32.9 Å². The molecular formula is C26H26ClN3O2. The van der Waals surface area contributed by atoms with E-state index in [1.807, 2.05) is 49.4 Å². The fraction of sp³-hybridized carbons (Fsp3) is 0.231. The monoisotopic (exact) mass is 447 g/mol. The quantitative estimate of drug-likeness (QED) is 0.339. The highest BCUT2D eigenvalue weighted by molar-refractivity contribution is 6.30. The number of benzene rings is 3. The Balaban J connectivity index is 1.48. The van der Waals surface area contributed by atoms with Crippen LogP contribution in [0.15, 0.2) is 72.8 Å². The predicted octanol–water partition coefficient (Wildman–Crippen LogP) is 5.96. The van der Waals surface area contributed by atoms with E-state index in [9.17, 15) is 4.79 Å². The summed E-state index contributed by atoms with van der Waals surface area (Å²) in [7, 11) is 0. The number of aryl methyl sites for hydroxylation is 2. The maximum atomic E-state index is 12.7. The molecule has 3 aromatic carbocycles. The van der Waals surface area contributed by atoms with Gasteiger partial charge in [0.25, 0.3) is 5.91 Å². The molecule has 0 fully saturated rings. The molecule has 0 saturated heterocycles. The first-order valence-electron chi connectivity index (χ1n) is 10.7. The van der Waals surface area contributed by atoms with Gasteiger partial charge < -0.3 is 14.6 Å². The van der Waals surface area contributed by atoms with Gasteiger partial charge >= 0.3 is 0 Å². The third-order valence-electron chi connectivity index (χ3n) is 5.32. The average Bonchev–Trinajstić information content (AvgIpc) is 3.16. The third-order valence-corrected chi connectivity index (χ3v) is 5.56. The molecule has 0 saturated carbocycles. The lowest BCUT2D eigenvalue weighted by molar-refractivity contribution is 0.0937. The molecule has 4 rings (SSSR count). The third kappa shape index (κ3) is 5.11. The van der Waals surface area contributed by atoms with Gasteiger partial charge in [-0.05, 0) is 62.7 Å². The smallest absolute Gasteiger partial charge is 0.251 e. The number of amides is 1. The van der Waals surface area contributed by atoms with E-state index in [4.69, 9.17) is 21.3 Å². The summed E-state index contributed by atoms with van der Waals surface area (Å²) in [6, 6.07) is 22.7. The topological polar surface area (TPSA) is 56.1 Å². The maximum absolute atomic E-state index is 12.7. The van der Waals surface area contributed by atoms with Gasteiger partial charge in [0.15, 0.2) is 0 Å². The van der Waals surface area contributed by atoms with E-state index in [1.165, 1.54) is 5.56 Å². The number of nitrogens with one attached hydrogen (secondary N) is 1. The second kappa shape index (κ2) is 9.88. The van der Waals surface area contributed by atoms with E-state index >= 15 is 0 Å². The number of ether oxygens (including phenoxy) is 1. The number of aromatic nitrogens is 2. The van der Waals surface area contributed by atoms with Crippen molar-refractivity contribution < 1.29 is 9.53 Å². The van der Waals surface area contributed by atoms with Crippen LogP contribution < -0.4 is 10.1 Å². The predicted molar refractivity (Wildman–Crippen MR) is 128 cm³/mol. The summed E-state index contributed by atoms with van der Waals surface area (Å²) in [5.41, 5.74) is 3.69. The molecule has 1 atom stereocenters. The van der Waals surface area contributed by atoms with Gasteiger partial charge in [-0.15, -0.1) is 0 Å². The van der Waals surface area contributed by atoms with Crippen molar-refractivity contribution in [1.82, 2.24) is 14.9 Å². The molecule has 6 heteroatoms. The van der Waals surface area contributed by atoms with Crippen LogP contribution in [0.5, 0.6) is 5.75 Å². The van der Waals surface area contributed by atoms with Crippen molar-refractivity contribution >= 4 is 28.5 Å². The molecule has 1 aromatic heterocycles. The van der Waals surface area contributed by atoms with Gasteiger partial charge in [0.1, 0.15) is 11.6 Å². The van der Waals surface area contributed by atoms with Crippen LogP contribution in [0, 0.1) is 6.92 Å². The molecule has 1 N–H and O–H groups in total. The van der Waals surface area contributed by atoms with Crippen LogP contribution in [-0.2, 0) is 6.54 Å². The number of imidazole rings is 1. The number of rotatable bonds is 8. The number of hydrogen-bond acceptors (Lipinski definition) is 3. The van der Waals surface area contributed by atoms with Gasteiger partial charge in [0.05, 0.1) is 23.7 Å². The van der Waals surface area contributed by atoms with E-state index in [-0.39, 0.29) is 11.9 Å². The van der Waals surface area contributed by atoms with E-state index in [0.717, 1.165) is 35.6 Å². The molecule has 0 aliphatic carbocycles. The Morgan fingerprint density at radius 1 is 1.09 bits per heavy atom. The second-order valence-electron chi connectivity index (χ2n) is 7.83. The number of nitrogens with zero attached hydrogens (tertiary/aromatic N) is 2. The minimum atomic E-state index is -0.271. The zero-order valence-corrected chi connectivity index (χ0v) is 19.0. The van der Waals surface area contributed by atoms with Crippen LogP contribution in [0.4, 0.5) is 0 Å². The molecule has 1 amide bonds. The highest BCUT2D eigenvalue weighted by atomic mass is 35.5. The maximum Gasteiger partial charge on any atom is 0.251 e. The Morgan fingerprint density at radius 2 is 1.88 bits per heavy atom. The lowest BCUT2D eigenvalue weighted by Gasteiger charge is -2.17. The molecule has 0 radical (unpaired) electrons. The van der Waals surface area contributed by atoms with Gasteiger partial charge in [0.2, 0.25) is 0 Å².